The van der Waals surface area contributed by atoms with Crippen molar-refractivity contribution < 1.29 is 9.94 Å². The van der Waals surface area contributed by atoms with Crippen molar-refractivity contribution in [3.05, 3.63) is 11.8 Å². The lowest BCUT2D eigenvalue weighted by Crippen LogP contribution is -2.16. The zero-order chi connectivity index (χ0) is 8.10. The Morgan fingerprint density at radius 1 is 1.64 bits per heavy atom. The lowest BCUT2D eigenvalue weighted by molar-refractivity contribution is 0.280. The number of nitrogens with zero attached hydrogens (tertiary/aromatic N) is 1. The molecule has 0 atom stereocenters. The molecular formula is C7H12N2O2. The molecule has 0 aromatic rings. The standard InChI is InChI=1S/C7H12N2O2/c8-7(9-10)11-6-4-2-1-3-5-6/h4,10H,1-3,5H2,(H2,8,9). The first-order chi connectivity index (χ1) is 5.33. The number of nitrogens with two attached hydrogens (primary N) is 1. The maximum atomic E-state index is 8.18. The number of oxime groups is 1. The minimum atomic E-state index is -0.182. The molecule has 4 heteroatoms. The topological polar surface area (TPSA) is 67.8 Å². The van der Waals surface area contributed by atoms with E-state index in [2.05, 4.69) is 5.16 Å². The normalized spacial score (nSPS) is 19.3. The van der Waals surface area contributed by atoms with Gasteiger partial charge in [0.2, 0.25) is 0 Å². The molecule has 1 aliphatic rings. The van der Waals surface area contributed by atoms with Crippen molar-refractivity contribution in [1.82, 2.24) is 0 Å². The quantitative estimate of drug-likeness (QED) is 0.259. The molecule has 0 spiro atoms. The van der Waals surface area contributed by atoms with E-state index in [9.17, 15) is 0 Å². The molecule has 0 aromatic heterocycles. The second-order valence-corrected chi connectivity index (χ2v) is 2.46. The molecule has 0 fully saturated rings. The van der Waals surface area contributed by atoms with E-state index in [1.807, 2.05) is 6.08 Å². The van der Waals surface area contributed by atoms with Crippen molar-refractivity contribution in [1.29, 1.82) is 0 Å². The van der Waals surface area contributed by atoms with E-state index in [0.29, 0.717) is 0 Å². The summed E-state index contributed by atoms with van der Waals surface area (Å²) < 4.78 is 4.98. The van der Waals surface area contributed by atoms with Crippen molar-refractivity contribution in [2.24, 2.45) is 10.9 Å². The summed E-state index contributed by atoms with van der Waals surface area (Å²) in [7, 11) is 0. The smallest absolute Gasteiger partial charge is 0.326 e. The van der Waals surface area contributed by atoms with Crippen molar-refractivity contribution in [3.63, 3.8) is 0 Å². The van der Waals surface area contributed by atoms with E-state index in [0.717, 1.165) is 25.0 Å². The highest BCUT2D eigenvalue weighted by Crippen LogP contribution is 2.17. The lowest BCUT2D eigenvalue weighted by Gasteiger charge is -2.11. The van der Waals surface area contributed by atoms with Crippen molar-refractivity contribution in [2.45, 2.75) is 25.7 Å². The van der Waals surface area contributed by atoms with Crippen LogP contribution in [-0.2, 0) is 4.74 Å². The van der Waals surface area contributed by atoms with Gasteiger partial charge in [-0.3, -0.25) is 0 Å². The number of allylic oxidation sites excluding steroid dienone is 2. The molecule has 0 heterocycles. The summed E-state index contributed by atoms with van der Waals surface area (Å²) in [5, 5.41) is 10.9. The molecule has 1 aliphatic carbocycles. The number of ether oxygens (including phenoxy) is 1. The first-order valence-corrected chi connectivity index (χ1v) is 3.67. The van der Waals surface area contributed by atoms with E-state index < -0.39 is 0 Å². The van der Waals surface area contributed by atoms with Gasteiger partial charge < -0.3 is 15.7 Å². The van der Waals surface area contributed by atoms with Crippen LogP contribution in [0.2, 0.25) is 0 Å². The van der Waals surface area contributed by atoms with Crippen LogP contribution in [0.5, 0.6) is 0 Å². The van der Waals surface area contributed by atoms with Gasteiger partial charge >= 0.3 is 6.02 Å². The summed E-state index contributed by atoms with van der Waals surface area (Å²) >= 11 is 0. The second kappa shape index (κ2) is 3.85. The van der Waals surface area contributed by atoms with Crippen LogP contribution in [0.25, 0.3) is 0 Å². The van der Waals surface area contributed by atoms with Gasteiger partial charge in [0.15, 0.2) is 0 Å². The first kappa shape index (κ1) is 7.91. The number of hydrogen-bond donors (Lipinski definition) is 2. The van der Waals surface area contributed by atoms with Gasteiger partial charge in [0.25, 0.3) is 0 Å². The highest BCUT2D eigenvalue weighted by atomic mass is 16.5. The molecule has 1 rings (SSSR count). The summed E-state index contributed by atoms with van der Waals surface area (Å²) in [5.41, 5.74) is 5.14. The predicted octanol–water partition coefficient (Wildman–Crippen LogP) is 1.16. The van der Waals surface area contributed by atoms with Crippen LogP contribution < -0.4 is 5.73 Å². The maximum absolute atomic E-state index is 8.18. The number of hydrogen-bond acceptors (Lipinski definition) is 3. The third-order valence-corrected chi connectivity index (χ3v) is 1.58. The van der Waals surface area contributed by atoms with E-state index in [-0.39, 0.29) is 6.02 Å². The molecular weight excluding hydrogens is 144 g/mol. The summed E-state index contributed by atoms with van der Waals surface area (Å²) in [6, 6.07) is -0.182. The molecule has 0 aromatic carbocycles. The highest BCUT2D eigenvalue weighted by Gasteiger charge is 2.05. The Morgan fingerprint density at radius 3 is 3.00 bits per heavy atom. The first-order valence-electron chi connectivity index (χ1n) is 3.67. The molecule has 0 saturated carbocycles. The summed E-state index contributed by atoms with van der Waals surface area (Å²) in [4.78, 5) is 0. The molecule has 3 N–H and O–H groups in total. The minimum Gasteiger partial charge on any atom is -0.429 e. The lowest BCUT2D eigenvalue weighted by atomic mass is 10.1. The fourth-order valence-corrected chi connectivity index (χ4v) is 1.06. The average molecular weight is 156 g/mol. The van der Waals surface area contributed by atoms with Crippen molar-refractivity contribution in [2.75, 3.05) is 0 Å². The minimum absolute atomic E-state index is 0.182. The molecule has 0 unspecified atom stereocenters. The van der Waals surface area contributed by atoms with Gasteiger partial charge in [-0.2, -0.15) is 0 Å². The van der Waals surface area contributed by atoms with E-state index >= 15 is 0 Å². The van der Waals surface area contributed by atoms with Gasteiger partial charge in [-0.25, -0.2) is 0 Å². The van der Waals surface area contributed by atoms with Gasteiger partial charge in [0, 0.05) is 6.42 Å². The van der Waals surface area contributed by atoms with Gasteiger partial charge in [-0.15, -0.1) is 0 Å². The monoisotopic (exact) mass is 156 g/mol. The van der Waals surface area contributed by atoms with E-state index in [1.54, 1.807) is 0 Å². The van der Waals surface area contributed by atoms with Gasteiger partial charge in [0.05, 0.1) is 0 Å². The Hall–Kier alpha value is -1.19. The zero-order valence-electron chi connectivity index (χ0n) is 6.29. The van der Waals surface area contributed by atoms with Crippen LogP contribution in [0.1, 0.15) is 25.7 Å². The molecule has 0 amide bonds. The Balaban J connectivity index is 2.41. The second-order valence-electron chi connectivity index (χ2n) is 2.46. The summed E-state index contributed by atoms with van der Waals surface area (Å²) in [6.45, 7) is 0. The van der Waals surface area contributed by atoms with Crippen LogP contribution in [0.3, 0.4) is 0 Å². The predicted molar refractivity (Wildman–Crippen MR) is 41.0 cm³/mol. The Morgan fingerprint density at radius 2 is 2.45 bits per heavy atom. The van der Waals surface area contributed by atoms with Gasteiger partial charge in [-0.1, -0.05) is 0 Å². The third kappa shape index (κ3) is 2.49. The van der Waals surface area contributed by atoms with E-state index in [4.69, 9.17) is 15.7 Å². The molecule has 4 nitrogen and oxygen atoms in total. The van der Waals surface area contributed by atoms with Crippen LogP contribution >= 0.6 is 0 Å². The third-order valence-electron chi connectivity index (χ3n) is 1.58. The Kier molecular flexibility index (Phi) is 2.77. The molecule has 0 radical (unpaired) electrons. The maximum Gasteiger partial charge on any atom is 0.326 e. The van der Waals surface area contributed by atoms with Crippen molar-refractivity contribution in [3.8, 4) is 0 Å². The Labute approximate surface area is 65.3 Å². The number of rotatable bonds is 1. The van der Waals surface area contributed by atoms with Crippen LogP contribution in [-0.4, -0.2) is 11.2 Å². The number of amidine groups is 1. The van der Waals surface area contributed by atoms with Crippen LogP contribution in [0, 0.1) is 0 Å². The molecule has 11 heavy (non-hydrogen) atoms. The molecule has 0 aliphatic heterocycles. The highest BCUT2D eigenvalue weighted by molar-refractivity contribution is 5.71. The van der Waals surface area contributed by atoms with Crippen LogP contribution in [0.4, 0.5) is 0 Å². The SMILES string of the molecule is NC(=NO)OC1=CCCCC1. The van der Waals surface area contributed by atoms with E-state index in [1.165, 1.54) is 6.42 Å². The molecule has 0 saturated heterocycles. The summed E-state index contributed by atoms with van der Waals surface area (Å²) in [6.07, 6.45) is 6.19. The van der Waals surface area contributed by atoms with Gasteiger partial charge in [-0.05, 0) is 30.5 Å². The fourth-order valence-electron chi connectivity index (χ4n) is 1.06. The Bertz CT molecular complexity index is 187. The van der Waals surface area contributed by atoms with Crippen molar-refractivity contribution >= 4 is 6.02 Å². The zero-order valence-corrected chi connectivity index (χ0v) is 6.29. The largest absolute Gasteiger partial charge is 0.429 e. The average Bonchev–Trinajstić information content (AvgIpc) is 2.06. The molecule has 62 valence electrons. The fraction of sp³-hybridized carbons (Fsp3) is 0.571. The van der Waals surface area contributed by atoms with Crippen LogP contribution in [0.15, 0.2) is 17.0 Å². The summed E-state index contributed by atoms with van der Waals surface area (Å²) in [5.74, 6) is 0.812. The van der Waals surface area contributed by atoms with Gasteiger partial charge in [0.1, 0.15) is 5.76 Å². The molecule has 0 bridgehead atoms.